The maximum Gasteiger partial charge on any atom is 0.312 e. The van der Waals surface area contributed by atoms with Crippen molar-refractivity contribution in [1.82, 2.24) is 10.6 Å². The van der Waals surface area contributed by atoms with Gasteiger partial charge in [0, 0.05) is 19.1 Å². The molecule has 0 aliphatic heterocycles. The summed E-state index contributed by atoms with van der Waals surface area (Å²) in [6, 6.07) is 0.255. The number of hydrogen-bond donors (Lipinski definition) is 3. The monoisotopic (exact) mass is 225 g/mol. The van der Waals surface area contributed by atoms with E-state index in [2.05, 4.69) is 10.6 Å². The number of urea groups is 1. The molecule has 1 unspecified atom stereocenters. The summed E-state index contributed by atoms with van der Waals surface area (Å²) in [6.07, 6.45) is 9.71. The van der Waals surface area contributed by atoms with Gasteiger partial charge in [-0.2, -0.15) is 0 Å². The van der Waals surface area contributed by atoms with Gasteiger partial charge in [0.05, 0.1) is 0 Å². The Morgan fingerprint density at radius 2 is 1.94 bits per heavy atom. The maximum atomic E-state index is 10.5. The molecule has 2 aliphatic rings. The van der Waals surface area contributed by atoms with Crippen LogP contribution in [0.2, 0.25) is 0 Å². The summed E-state index contributed by atoms with van der Waals surface area (Å²) < 4.78 is 0. The molecule has 4 heteroatoms. The summed E-state index contributed by atoms with van der Waals surface area (Å²) in [4.78, 5) is 10.5. The van der Waals surface area contributed by atoms with Gasteiger partial charge in [-0.3, -0.25) is 0 Å². The molecule has 0 heterocycles. The molecule has 2 saturated carbocycles. The van der Waals surface area contributed by atoms with Crippen molar-refractivity contribution >= 4 is 6.03 Å². The van der Waals surface area contributed by atoms with Crippen LogP contribution in [0.1, 0.15) is 44.9 Å². The van der Waals surface area contributed by atoms with E-state index in [-0.39, 0.29) is 0 Å². The van der Waals surface area contributed by atoms with E-state index in [1.54, 1.807) is 0 Å². The van der Waals surface area contributed by atoms with Gasteiger partial charge >= 0.3 is 6.03 Å². The number of carbonyl (C=O) groups excluding carboxylic acids is 1. The summed E-state index contributed by atoms with van der Waals surface area (Å²) in [5, 5.41) is 6.18. The molecule has 4 nitrogen and oxygen atoms in total. The predicted molar refractivity (Wildman–Crippen MR) is 64.1 cm³/mol. The highest BCUT2D eigenvalue weighted by Crippen LogP contribution is 2.51. The SMILES string of the molecule is NC(=O)NCCNC1CCC12CCCCC2. The number of amides is 2. The van der Waals surface area contributed by atoms with E-state index in [1.807, 2.05) is 0 Å². The van der Waals surface area contributed by atoms with Crippen LogP contribution in [0, 0.1) is 5.41 Å². The molecule has 2 rings (SSSR count). The van der Waals surface area contributed by atoms with Crippen molar-refractivity contribution in [3.05, 3.63) is 0 Å². The first-order valence-electron chi connectivity index (χ1n) is 6.50. The molecule has 0 aromatic carbocycles. The molecule has 16 heavy (non-hydrogen) atoms. The lowest BCUT2D eigenvalue weighted by Crippen LogP contribution is -2.55. The van der Waals surface area contributed by atoms with E-state index < -0.39 is 6.03 Å². The number of nitrogens with two attached hydrogens (primary N) is 1. The number of primary amides is 1. The Morgan fingerprint density at radius 1 is 1.19 bits per heavy atom. The summed E-state index contributed by atoms with van der Waals surface area (Å²) in [7, 11) is 0. The quantitative estimate of drug-likeness (QED) is 0.632. The van der Waals surface area contributed by atoms with Crippen LogP contribution in [0.4, 0.5) is 4.79 Å². The van der Waals surface area contributed by atoms with E-state index in [1.165, 1.54) is 44.9 Å². The Hall–Kier alpha value is -0.770. The van der Waals surface area contributed by atoms with Crippen LogP contribution in [0.3, 0.4) is 0 Å². The molecule has 0 aromatic heterocycles. The van der Waals surface area contributed by atoms with Gasteiger partial charge in [0.1, 0.15) is 0 Å². The van der Waals surface area contributed by atoms with Crippen molar-refractivity contribution in [3.63, 3.8) is 0 Å². The van der Waals surface area contributed by atoms with E-state index in [9.17, 15) is 4.79 Å². The van der Waals surface area contributed by atoms with Crippen molar-refractivity contribution in [2.45, 2.75) is 51.0 Å². The minimum atomic E-state index is -0.428. The predicted octanol–water partition coefficient (Wildman–Crippen LogP) is 1.36. The molecule has 2 amide bonds. The number of hydrogen-bond acceptors (Lipinski definition) is 2. The normalized spacial score (nSPS) is 27.4. The summed E-state index contributed by atoms with van der Waals surface area (Å²) in [5.41, 5.74) is 5.62. The molecule has 92 valence electrons. The van der Waals surface area contributed by atoms with Crippen LogP contribution in [0.5, 0.6) is 0 Å². The average Bonchev–Trinajstić information content (AvgIpc) is 2.28. The van der Waals surface area contributed by atoms with Gasteiger partial charge in [-0.15, -0.1) is 0 Å². The van der Waals surface area contributed by atoms with Crippen molar-refractivity contribution in [2.24, 2.45) is 11.1 Å². The summed E-state index contributed by atoms with van der Waals surface area (Å²) in [5.74, 6) is 0. The lowest BCUT2D eigenvalue weighted by atomic mass is 9.57. The van der Waals surface area contributed by atoms with Gasteiger partial charge in [0.2, 0.25) is 0 Å². The number of rotatable bonds is 4. The van der Waals surface area contributed by atoms with Gasteiger partial charge in [0.25, 0.3) is 0 Å². The zero-order chi connectivity index (χ0) is 11.4. The Labute approximate surface area is 97.3 Å². The Balaban J connectivity index is 1.68. The van der Waals surface area contributed by atoms with Crippen LogP contribution >= 0.6 is 0 Å². The van der Waals surface area contributed by atoms with E-state index in [0.29, 0.717) is 18.0 Å². The highest BCUT2D eigenvalue weighted by atomic mass is 16.2. The zero-order valence-electron chi connectivity index (χ0n) is 9.93. The van der Waals surface area contributed by atoms with Crippen molar-refractivity contribution in [3.8, 4) is 0 Å². The fourth-order valence-electron chi connectivity index (χ4n) is 3.30. The third kappa shape index (κ3) is 2.48. The lowest BCUT2D eigenvalue weighted by Gasteiger charge is -2.52. The molecule has 0 saturated heterocycles. The second-order valence-electron chi connectivity index (χ2n) is 5.26. The zero-order valence-corrected chi connectivity index (χ0v) is 9.93. The number of carbonyl (C=O) groups is 1. The fraction of sp³-hybridized carbons (Fsp3) is 0.917. The van der Waals surface area contributed by atoms with Crippen molar-refractivity contribution < 1.29 is 4.79 Å². The molecule has 1 atom stereocenters. The van der Waals surface area contributed by atoms with Gasteiger partial charge in [-0.25, -0.2) is 4.79 Å². The van der Waals surface area contributed by atoms with Crippen molar-refractivity contribution in [1.29, 1.82) is 0 Å². The Bertz CT molecular complexity index is 249. The minimum absolute atomic E-state index is 0.428. The molecule has 0 radical (unpaired) electrons. The second-order valence-corrected chi connectivity index (χ2v) is 5.26. The minimum Gasteiger partial charge on any atom is -0.352 e. The standard InChI is InChI=1S/C12H23N3O/c13-11(16)15-9-8-14-10-4-7-12(10)5-2-1-3-6-12/h10,14H,1-9H2,(H3,13,15,16). The van der Waals surface area contributed by atoms with Crippen LogP contribution in [0.25, 0.3) is 0 Å². The first-order valence-corrected chi connectivity index (χ1v) is 6.50. The Kier molecular flexibility index (Phi) is 3.69. The molecule has 1 spiro atoms. The lowest BCUT2D eigenvalue weighted by molar-refractivity contribution is 0.0237. The van der Waals surface area contributed by atoms with Crippen LogP contribution < -0.4 is 16.4 Å². The molecule has 2 fully saturated rings. The Morgan fingerprint density at radius 3 is 2.50 bits per heavy atom. The maximum absolute atomic E-state index is 10.5. The smallest absolute Gasteiger partial charge is 0.312 e. The molecular formula is C12H23N3O. The highest BCUT2D eigenvalue weighted by molar-refractivity contribution is 5.71. The molecular weight excluding hydrogens is 202 g/mol. The average molecular weight is 225 g/mol. The largest absolute Gasteiger partial charge is 0.352 e. The van der Waals surface area contributed by atoms with E-state index in [4.69, 9.17) is 5.73 Å². The first-order chi connectivity index (χ1) is 7.73. The van der Waals surface area contributed by atoms with Crippen LogP contribution in [0.15, 0.2) is 0 Å². The molecule has 0 aromatic rings. The molecule has 0 bridgehead atoms. The third-order valence-corrected chi connectivity index (χ3v) is 4.33. The van der Waals surface area contributed by atoms with E-state index >= 15 is 0 Å². The number of nitrogens with one attached hydrogen (secondary N) is 2. The van der Waals surface area contributed by atoms with Crippen LogP contribution in [-0.2, 0) is 0 Å². The summed E-state index contributed by atoms with van der Waals surface area (Å²) >= 11 is 0. The van der Waals surface area contributed by atoms with Crippen molar-refractivity contribution in [2.75, 3.05) is 13.1 Å². The van der Waals surface area contributed by atoms with Gasteiger partial charge < -0.3 is 16.4 Å². The van der Waals surface area contributed by atoms with Gasteiger partial charge in [-0.05, 0) is 31.1 Å². The second kappa shape index (κ2) is 5.04. The highest BCUT2D eigenvalue weighted by Gasteiger charge is 2.46. The van der Waals surface area contributed by atoms with Crippen LogP contribution in [-0.4, -0.2) is 25.2 Å². The topological polar surface area (TPSA) is 67.2 Å². The third-order valence-electron chi connectivity index (χ3n) is 4.33. The van der Waals surface area contributed by atoms with Gasteiger partial charge in [0.15, 0.2) is 0 Å². The molecule has 2 aliphatic carbocycles. The van der Waals surface area contributed by atoms with Gasteiger partial charge in [-0.1, -0.05) is 19.3 Å². The summed E-state index contributed by atoms with van der Waals surface area (Å²) in [6.45, 7) is 1.48. The fourth-order valence-corrected chi connectivity index (χ4v) is 3.30. The molecule has 4 N–H and O–H groups in total. The first kappa shape index (κ1) is 11.7. The van der Waals surface area contributed by atoms with E-state index in [0.717, 1.165) is 6.54 Å².